The molecule has 0 aliphatic rings. The van der Waals surface area contributed by atoms with Gasteiger partial charge in [-0.2, -0.15) is 83.0 Å². The van der Waals surface area contributed by atoms with Gasteiger partial charge in [-0.15, -0.1) is 0 Å². The number of alkyl halides is 12. The molecule has 4 aromatic carbocycles. The zero-order valence-electron chi connectivity index (χ0n) is 40.0. The highest BCUT2D eigenvalue weighted by Gasteiger charge is 2.41. The van der Waals surface area contributed by atoms with Crippen LogP contribution in [0, 0.1) is 6.07 Å². The standard InChI is InChI=1S/C45H62BF9NO3.C7H4F3/c1-5-9-10-11-12-13-14-15-16-17-18-19-20-21-22-23-41(56(6-2,7-3)8-4)40-34-37(45(53,54)55)28-33-42(40)59-46(57-38-29-24-35(25-30-38)43(47,48)49)58-39-31-26-36(27-32-39)44(50,51)52;8-7(9,10)6-4-2-1-3-5-6/h24-34,41H,5-23H2,1-4H3;2-5H/q+1;-1. The monoisotopic (exact) mass is 991 g/mol. The number of hydrogen-bond donors (Lipinski definition) is 0. The van der Waals surface area contributed by atoms with Crippen molar-refractivity contribution in [2.75, 3.05) is 19.6 Å². The van der Waals surface area contributed by atoms with Gasteiger partial charge in [-0.05, 0) is 93.9 Å². The smallest absolute Gasteiger partial charge is 0.490 e. The third-order valence-electron chi connectivity index (χ3n) is 12.4. The fraction of sp³-hybridized carbons (Fsp3) is 0.538. The highest BCUT2D eigenvalue weighted by atomic mass is 19.4. The molecule has 0 spiro atoms. The Morgan fingerprint density at radius 2 is 0.783 bits per heavy atom. The Labute approximate surface area is 400 Å². The summed E-state index contributed by atoms with van der Waals surface area (Å²) < 4.78 is 176. The van der Waals surface area contributed by atoms with Gasteiger partial charge < -0.3 is 18.4 Å². The van der Waals surface area contributed by atoms with E-state index in [1.807, 2.05) is 20.8 Å². The molecular formula is C52H66BF12NO3. The molecule has 4 nitrogen and oxygen atoms in total. The molecule has 0 aliphatic heterocycles. The van der Waals surface area contributed by atoms with Crippen molar-refractivity contribution < 1.29 is 71.1 Å². The first-order valence-electron chi connectivity index (χ1n) is 24.0. The molecule has 1 unspecified atom stereocenters. The van der Waals surface area contributed by atoms with Crippen LogP contribution in [0.5, 0.6) is 17.2 Å². The molecule has 384 valence electrons. The molecule has 4 aromatic rings. The first-order chi connectivity index (χ1) is 32.6. The second-order valence-corrected chi connectivity index (χ2v) is 17.1. The Morgan fingerprint density at radius 3 is 1.13 bits per heavy atom. The molecule has 4 rings (SSSR count). The van der Waals surface area contributed by atoms with Gasteiger partial charge in [-0.25, -0.2) is 0 Å². The highest BCUT2D eigenvalue weighted by molar-refractivity contribution is 6.39. The van der Waals surface area contributed by atoms with Gasteiger partial charge in [-0.1, -0.05) is 102 Å². The van der Waals surface area contributed by atoms with E-state index >= 15 is 0 Å². The van der Waals surface area contributed by atoms with Crippen molar-refractivity contribution in [3.05, 3.63) is 125 Å². The lowest BCUT2D eigenvalue weighted by Crippen LogP contribution is -2.50. The summed E-state index contributed by atoms with van der Waals surface area (Å²) in [6.07, 6.45) is 0.0618. The van der Waals surface area contributed by atoms with Crippen LogP contribution >= 0.6 is 0 Å². The molecule has 0 amide bonds. The van der Waals surface area contributed by atoms with Crippen molar-refractivity contribution in [3.8, 4) is 17.2 Å². The van der Waals surface area contributed by atoms with Crippen LogP contribution in [0.1, 0.15) is 164 Å². The maximum absolute atomic E-state index is 14.3. The molecule has 0 aromatic heterocycles. The second kappa shape index (κ2) is 28.3. The van der Waals surface area contributed by atoms with E-state index in [0.717, 1.165) is 105 Å². The van der Waals surface area contributed by atoms with Gasteiger partial charge in [0.15, 0.2) is 0 Å². The zero-order chi connectivity index (χ0) is 51.1. The number of benzene rings is 4. The number of unbranched alkanes of at least 4 members (excludes halogenated alkanes) is 14. The Bertz CT molecular complexity index is 1930. The number of quaternary nitrogens is 1. The fourth-order valence-corrected chi connectivity index (χ4v) is 8.28. The van der Waals surface area contributed by atoms with Crippen LogP contribution in [0.2, 0.25) is 0 Å². The van der Waals surface area contributed by atoms with Crippen LogP contribution in [0.3, 0.4) is 0 Å². The Kier molecular flexibility index (Phi) is 24.1. The van der Waals surface area contributed by atoms with Gasteiger partial charge in [-0.3, -0.25) is 0 Å². The molecule has 0 aliphatic carbocycles. The van der Waals surface area contributed by atoms with E-state index in [9.17, 15) is 52.7 Å². The van der Waals surface area contributed by atoms with Crippen LogP contribution in [-0.4, -0.2) is 31.4 Å². The maximum Gasteiger partial charge on any atom is 0.864 e. The molecule has 1 atom stereocenters. The van der Waals surface area contributed by atoms with Crippen molar-refractivity contribution in [3.63, 3.8) is 0 Å². The van der Waals surface area contributed by atoms with Crippen molar-refractivity contribution >= 4 is 7.32 Å². The molecule has 0 saturated heterocycles. The number of rotatable bonds is 27. The van der Waals surface area contributed by atoms with E-state index in [4.69, 9.17) is 14.0 Å². The van der Waals surface area contributed by atoms with E-state index in [-0.39, 0.29) is 22.8 Å². The molecule has 17 heteroatoms. The van der Waals surface area contributed by atoms with Gasteiger partial charge >= 0.3 is 32.0 Å². The van der Waals surface area contributed by atoms with Crippen molar-refractivity contribution in [2.45, 2.75) is 161 Å². The lowest BCUT2D eigenvalue weighted by Gasteiger charge is -2.44. The molecular weight excluding hydrogens is 925 g/mol. The van der Waals surface area contributed by atoms with Gasteiger partial charge in [0, 0.05) is 6.42 Å². The summed E-state index contributed by atoms with van der Waals surface area (Å²) in [4.78, 5) is 0. The topological polar surface area (TPSA) is 27.7 Å². The summed E-state index contributed by atoms with van der Waals surface area (Å²) >= 11 is 0. The summed E-state index contributed by atoms with van der Waals surface area (Å²) in [5.41, 5.74) is -3.17. The minimum atomic E-state index is -4.68. The zero-order valence-corrected chi connectivity index (χ0v) is 40.0. The average Bonchev–Trinajstić information content (AvgIpc) is 3.30. The molecule has 0 radical (unpaired) electrons. The summed E-state index contributed by atoms with van der Waals surface area (Å²) in [6, 6.07) is 16.8. The number of hydrogen-bond acceptors (Lipinski definition) is 3. The normalized spacial score (nSPS) is 12.8. The summed E-state index contributed by atoms with van der Waals surface area (Å²) in [7, 11) is -1.82. The quantitative estimate of drug-likeness (QED) is 0.0196. The Morgan fingerprint density at radius 1 is 0.435 bits per heavy atom. The summed E-state index contributed by atoms with van der Waals surface area (Å²) in [6.45, 7) is 10.0. The number of halogens is 12. The molecule has 0 saturated carbocycles. The molecule has 0 N–H and O–H groups in total. The molecule has 0 bridgehead atoms. The van der Waals surface area contributed by atoms with E-state index in [2.05, 4.69) is 13.0 Å². The predicted octanol–water partition coefficient (Wildman–Crippen LogP) is 17.9. The highest BCUT2D eigenvalue weighted by Crippen LogP contribution is 2.42. The van der Waals surface area contributed by atoms with Crippen molar-refractivity contribution in [2.24, 2.45) is 0 Å². The Hall–Kier alpha value is -4.54. The third kappa shape index (κ3) is 20.4. The van der Waals surface area contributed by atoms with Crippen molar-refractivity contribution in [1.82, 2.24) is 0 Å². The average molecular weight is 992 g/mol. The minimum absolute atomic E-state index is 0.00867. The lowest BCUT2D eigenvalue weighted by molar-refractivity contribution is -0.953. The van der Waals surface area contributed by atoms with Gasteiger partial charge in [0.1, 0.15) is 23.3 Å². The van der Waals surface area contributed by atoms with Crippen LogP contribution < -0.4 is 14.0 Å². The van der Waals surface area contributed by atoms with Gasteiger partial charge in [0.05, 0.1) is 41.9 Å². The Balaban J connectivity index is 0.00000111. The largest absolute Gasteiger partial charge is 0.864 e. The van der Waals surface area contributed by atoms with Gasteiger partial charge in [0.25, 0.3) is 0 Å². The second-order valence-electron chi connectivity index (χ2n) is 17.1. The van der Waals surface area contributed by atoms with E-state index in [0.29, 0.717) is 30.5 Å². The first-order valence-corrected chi connectivity index (χ1v) is 24.0. The molecule has 0 heterocycles. The molecule has 69 heavy (non-hydrogen) atoms. The van der Waals surface area contributed by atoms with Crippen molar-refractivity contribution in [1.29, 1.82) is 0 Å². The van der Waals surface area contributed by atoms with Crippen LogP contribution in [0.4, 0.5) is 52.7 Å². The minimum Gasteiger partial charge on any atom is -0.490 e. The SMILES string of the molecule is CCCCCCCCCCCCCCCCCC(c1cc(C(F)(F)F)ccc1OB(Oc1ccc(C(F)(F)F)cc1)Oc1ccc(C(F)(F)F)cc1)[N+](CC)(CC)CC.FC(F)(F)c1cc[c-]cc1. The van der Waals surface area contributed by atoms with E-state index in [1.165, 1.54) is 82.4 Å². The first kappa shape index (κ1) is 58.8. The van der Waals surface area contributed by atoms with Crippen LogP contribution in [0.15, 0.2) is 91.0 Å². The molecule has 0 fully saturated rings. The van der Waals surface area contributed by atoms with Crippen LogP contribution in [0.25, 0.3) is 0 Å². The predicted molar refractivity (Wildman–Crippen MR) is 246 cm³/mol. The van der Waals surface area contributed by atoms with Crippen LogP contribution in [-0.2, 0) is 24.7 Å². The third-order valence-corrected chi connectivity index (χ3v) is 12.4. The fourth-order valence-electron chi connectivity index (χ4n) is 8.28. The van der Waals surface area contributed by atoms with E-state index in [1.54, 1.807) is 0 Å². The summed E-state index contributed by atoms with van der Waals surface area (Å²) in [5.74, 6) is -0.289. The maximum atomic E-state index is 14.3. The summed E-state index contributed by atoms with van der Waals surface area (Å²) in [5, 5.41) is 0. The van der Waals surface area contributed by atoms with E-state index < -0.39 is 60.3 Å². The van der Waals surface area contributed by atoms with Gasteiger partial charge in [0.2, 0.25) is 0 Å². The number of nitrogens with zero attached hydrogens (tertiary/aromatic N) is 1. The lowest BCUT2D eigenvalue weighted by atomic mass is 9.92.